The van der Waals surface area contributed by atoms with Crippen molar-refractivity contribution in [1.29, 1.82) is 0 Å². The SMILES string of the molecule is CCCCCCCCCCCCCCCCCC(=O)O.O.O=C(O)c1ccccc1.[Al]. The van der Waals surface area contributed by atoms with E-state index in [1.807, 2.05) is 0 Å². The van der Waals surface area contributed by atoms with Crippen molar-refractivity contribution < 1.29 is 25.3 Å². The summed E-state index contributed by atoms with van der Waals surface area (Å²) in [5.74, 6) is -1.53. The van der Waals surface area contributed by atoms with Gasteiger partial charge < -0.3 is 15.7 Å². The summed E-state index contributed by atoms with van der Waals surface area (Å²) in [5.41, 5.74) is 0.331. The Labute approximate surface area is 200 Å². The smallest absolute Gasteiger partial charge is 0.335 e. The molecule has 31 heavy (non-hydrogen) atoms. The fourth-order valence-electron chi connectivity index (χ4n) is 3.23. The molecule has 3 radical (unpaired) electrons. The zero-order valence-electron chi connectivity index (χ0n) is 19.5. The standard InChI is InChI=1S/C18H36O2.C7H6O2.Al.H2O/c1-2-3-4-5-6-7-8-9-10-11-12-13-14-15-16-17-18(19)20;8-7(9)6-4-2-1-3-5-6;;/h2-17H2,1H3,(H,19,20);1-5H,(H,8,9);;1H2. The highest BCUT2D eigenvalue weighted by Crippen LogP contribution is 2.13. The van der Waals surface area contributed by atoms with Crippen molar-refractivity contribution in [2.24, 2.45) is 0 Å². The fourth-order valence-corrected chi connectivity index (χ4v) is 3.23. The third kappa shape index (κ3) is 26.6. The molecule has 0 heterocycles. The van der Waals surface area contributed by atoms with Gasteiger partial charge in [-0.3, -0.25) is 4.79 Å². The second kappa shape index (κ2) is 26.7. The highest BCUT2D eigenvalue weighted by molar-refractivity contribution is 5.87. The first-order chi connectivity index (χ1) is 14.1. The molecule has 0 amide bonds. The van der Waals surface area contributed by atoms with E-state index in [1.54, 1.807) is 30.3 Å². The van der Waals surface area contributed by atoms with Gasteiger partial charge in [0, 0.05) is 23.8 Å². The molecule has 1 rings (SSSR count). The lowest BCUT2D eigenvalue weighted by Crippen LogP contribution is -1.93. The van der Waals surface area contributed by atoms with E-state index in [4.69, 9.17) is 10.2 Å². The van der Waals surface area contributed by atoms with Crippen LogP contribution in [-0.4, -0.2) is 45.0 Å². The Balaban J connectivity index is -0.000000598. The predicted molar refractivity (Wildman–Crippen MR) is 130 cm³/mol. The lowest BCUT2D eigenvalue weighted by Gasteiger charge is -2.03. The molecule has 177 valence electrons. The van der Waals surface area contributed by atoms with Crippen molar-refractivity contribution in [2.75, 3.05) is 0 Å². The second-order valence-corrected chi connectivity index (χ2v) is 7.76. The first-order valence-electron chi connectivity index (χ1n) is 11.6. The Morgan fingerprint density at radius 2 is 1.00 bits per heavy atom. The van der Waals surface area contributed by atoms with E-state index in [2.05, 4.69) is 6.92 Å². The molecule has 0 spiro atoms. The summed E-state index contributed by atoms with van der Waals surface area (Å²) in [6.45, 7) is 2.27. The maximum atomic E-state index is 10.3. The highest BCUT2D eigenvalue weighted by atomic mass is 27.0. The Morgan fingerprint density at radius 1 is 0.645 bits per heavy atom. The van der Waals surface area contributed by atoms with Crippen LogP contribution in [0.1, 0.15) is 120 Å². The van der Waals surface area contributed by atoms with E-state index in [-0.39, 0.29) is 22.8 Å². The van der Waals surface area contributed by atoms with Crippen LogP contribution in [0, 0.1) is 0 Å². The van der Waals surface area contributed by atoms with Crippen LogP contribution in [-0.2, 0) is 4.79 Å². The summed E-state index contributed by atoms with van der Waals surface area (Å²) >= 11 is 0. The Morgan fingerprint density at radius 3 is 1.29 bits per heavy atom. The molecule has 5 nitrogen and oxygen atoms in total. The minimum Gasteiger partial charge on any atom is -0.481 e. The summed E-state index contributed by atoms with van der Waals surface area (Å²) in [6.07, 6.45) is 20.2. The maximum Gasteiger partial charge on any atom is 0.335 e. The lowest BCUT2D eigenvalue weighted by atomic mass is 10.0. The number of unbranched alkanes of at least 4 members (excludes halogenated alkanes) is 14. The van der Waals surface area contributed by atoms with Crippen molar-refractivity contribution in [1.82, 2.24) is 0 Å². The molecule has 4 N–H and O–H groups in total. The molecule has 0 atom stereocenters. The molecule has 0 aliphatic rings. The molecule has 6 heteroatoms. The van der Waals surface area contributed by atoms with Gasteiger partial charge in [0.2, 0.25) is 0 Å². The highest BCUT2D eigenvalue weighted by Gasteiger charge is 1.97. The average Bonchev–Trinajstić information content (AvgIpc) is 2.72. The van der Waals surface area contributed by atoms with E-state index in [0.717, 1.165) is 12.8 Å². The molecular formula is C25H44AlO5. The first-order valence-corrected chi connectivity index (χ1v) is 11.6. The number of carboxylic acids is 2. The van der Waals surface area contributed by atoms with E-state index in [1.165, 1.54) is 83.5 Å². The van der Waals surface area contributed by atoms with Crippen LogP contribution in [0.2, 0.25) is 0 Å². The number of aromatic carboxylic acids is 1. The number of hydrogen-bond acceptors (Lipinski definition) is 2. The number of carboxylic acid groups (broad SMARTS) is 2. The summed E-state index contributed by atoms with van der Waals surface area (Å²) in [5, 5.41) is 16.9. The fraction of sp³-hybridized carbons (Fsp3) is 0.680. The van der Waals surface area contributed by atoms with Crippen molar-refractivity contribution >= 4 is 29.3 Å². The topological polar surface area (TPSA) is 106 Å². The number of carbonyl (C=O) groups is 2. The summed E-state index contributed by atoms with van der Waals surface area (Å²) in [6, 6.07) is 8.30. The van der Waals surface area contributed by atoms with E-state index >= 15 is 0 Å². The predicted octanol–water partition coefficient (Wildman–Crippen LogP) is 6.51. The van der Waals surface area contributed by atoms with Crippen molar-refractivity contribution in [3.63, 3.8) is 0 Å². The molecule has 1 aromatic carbocycles. The van der Waals surface area contributed by atoms with Gasteiger partial charge in [0.1, 0.15) is 0 Å². The van der Waals surface area contributed by atoms with Crippen LogP contribution < -0.4 is 0 Å². The molecule has 0 aliphatic carbocycles. The zero-order chi connectivity index (χ0) is 21.6. The van der Waals surface area contributed by atoms with Crippen LogP contribution in [0.5, 0.6) is 0 Å². The number of rotatable bonds is 17. The largest absolute Gasteiger partial charge is 0.481 e. The lowest BCUT2D eigenvalue weighted by molar-refractivity contribution is -0.137. The van der Waals surface area contributed by atoms with E-state index in [0.29, 0.717) is 12.0 Å². The van der Waals surface area contributed by atoms with Crippen LogP contribution in [0.15, 0.2) is 30.3 Å². The first kappa shape index (κ1) is 34.3. The summed E-state index contributed by atoms with van der Waals surface area (Å²) < 4.78 is 0. The van der Waals surface area contributed by atoms with Gasteiger partial charge in [-0.15, -0.1) is 0 Å². The monoisotopic (exact) mass is 451 g/mol. The third-order valence-electron chi connectivity index (χ3n) is 5.01. The van der Waals surface area contributed by atoms with Gasteiger partial charge in [-0.25, -0.2) is 4.79 Å². The normalized spacial score (nSPS) is 9.58. The minimum absolute atomic E-state index is 0. The van der Waals surface area contributed by atoms with Crippen LogP contribution in [0.25, 0.3) is 0 Å². The molecule has 0 unspecified atom stereocenters. The van der Waals surface area contributed by atoms with Gasteiger partial charge in [0.05, 0.1) is 5.56 Å². The van der Waals surface area contributed by atoms with Gasteiger partial charge in [-0.2, -0.15) is 0 Å². The zero-order valence-corrected chi connectivity index (χ0v) is 20.6. The number of aliphatic carboxylic acids is 1. The van der Waals surface area contributed by atoms with Crippen LogP contribution in [0.4, 0.5) is 0 Å². The van der Waals surface area contributed by atoms with Crippen molar-refractivity contribution in [3.05, 3.63) is 35.9 Å². The van der Waals surface area contributed by atoms with Gasteiger partial charge in [-0.1, -0.05) is 115 Å². The van der Waals surface area contributed by atoms with Gasteiger partial charge in [0.25, 0.3) is 0 Å². The molecule has 0 saturated heterocycles. The van der Waals surface area contributed by atoms with E-state index in [9.17, 15) is 9.59 Å². The second-order valence-electron chi connectivity index (χ2n) is 7.76. The van der Waals surface area contributed by atoms with Crippen LogP contribution in [0.3, 0.4) is 0 Å². The number of benzene rings is 1. The Kier molecular flexibility index (Phi) is 29.5. The molecule has 1 aromatic rings. The quantitative estimate of drug-likeness (QED) is 0.208. The summed E-state index contributed by atoms with van der Waals surface area (Å²) in [7, 11) is 0. The Bertz CT molecular complexity index is 508. The number of hydrogen-bond donors (Lipinski definition) is 2. The molecule has 0 saturated carbocycles. The van der Waals surface area contributed by atoms with Crippen molar-refractivity contribution in [2.45, 2.75) is 110 Å². The van der Waals surface area contributed by atoms with Crippen LogP contribution >= 0.6 is 0 Å². The molecule has 0 bridgehead atoms. The molecule has 0 aromatic heterocycles. The van der Waals surface area contributed by atoms with Crippen molar-refractivity contribution in [3.8, 4) is 0 Å². The molecule has 0 aliphatic heterocycles. The average molecular weight is 452 g/mol. The maximum absolute atomic E-state index is 10.3. The third-order valence-corrected chi connectivity index (χ3v) is 5.01. The van der Waals surface area contributed by atoms with Gasteiger partial charge >= 0.3 is 11.9 Å². The molecular weight excluding hydrogens is 407 g/mol. The van der Waals surface area contributed by atoms with Gasteiger partial charge in [-0.05, 0) is 18.6 Å². The van der Waals surface area contributed by atoms with E-state index < -0.39 is 11.9 Å². The minimum atomic E-state index is -0.879. The van der Waals surface area contributed by atoms with Gasteiger partial charge in [0.15, 0.2) is 0 Å². The summed E-state index contributed by atoms with van der Waals surface area (Å²) in [4.78, 5) is 20.5. The Hall–Kier alpha value is -1.35. The molecule has 0 fully saturated rings.